The van der Waals surface area contributed by atoms with E-state index in [1.54, 1.807) is 0 Å². The normalized spacial score (nSPS) is 16.8. The van der Waals surface area contributed by atoms with Gasteiger partial charge in [-0.3, -0.25) is 4.79 Å². The quantitative estimate of drug-likeness (QED) is 0.718. The molecule has 3 nitrogen and oxygen atoms in total. The number of amides is 1. The lowest BCUT2D eigenvalue weighted by molar-refractivity contribution is 0.0933. The number of carbonyl (C=O) groups excluding carboxylic acids is 1. The summed E-state index contributed by atoms with van der Waals surface area (Å²) in [6.07, 6.45) is 2.53. The van der Waals surface area contributed by atoms with Crippen molar-refractivity contribution in [2.24, 2.45) is 0 Å². The minimum absolute atomic E-state index is 0.0630. The summed E-state index contributed by atoms with van der Waals surface area (Å²) in [6.45, 7) is 0. The summed E-state index contributed by atoms with van der Waals surface area (Å²) in [4.78, 5) is 15.8. The first-order valence-electron chi connectivity index (χ1n) is 7.95. The molecule has 0 saturated carbocycles. The van der Waals surface area contributed by atoms with Crippen molar-refractivity contribution >= 4 is 28.4 Å². The Morgan fingerprint density at radius 2 is 2.00 bits per heavy atom. The van der Waals surface area contributed by atoms with Crippen molar-refractivity contribution in [2.45, 2.75) is 25.3 Å². The zero-order valence-corrected chi connectivity index (χ0v) is 13.7. The van der Waals surface area contributed by atoms with Gasteiger partial charge in [-0.15, -0.1) is 0 Å². The van der Waals surface area contributed by atoms with Crippen molar-refractivity contribution in [2.75, 3.05) is 0 Å². The Balaban J connectivity index is 1.55. The van der Waals surface area contributed by atoms with Crippen LogP contribution in [0, 0.1) is 5.82 Å². The summed E-state index contributed by atoms with van der Waals surface area (Å²) in [7, 11) is 0. The fraction of sp³-hybridized carbons (Fsp3) is 0.211. The van der Waals surface area contributed by atoms with E-state index in [0.29, 0.717) is 10.6 Å². The van der Waals surface area contributed by atoms with Crippen LogP contribution < -0.4 is 5.32 Å². The molecule has 2 N–H and O–H groups in total. The third kappa shape index (κ3) is 2.78. The molecule has 122 valence electrons. The molecule has 0 fully saturated rings. The average molecular weight is 343 g/mol. The van der Waals surface area contributed by atoms with Gasteiger partial charge < -0.3 is 10.3 Å². The highest BCUT2D eigenvalue weighted by molar-refractivity contribution is 6.31. The smallest absolute Gasteiger partial charge is 0.251 e. The predicted octanol–water partition coefficient (Wildman–Crippen LogP) is 4.25. The van der Waals surface area contributed by atoms with E-state index in [1.807, 2.05) is 18.2 Å². The second-order valence-electron chi connectivity index (χ2n) is 6.19. The summed E-state index contributed by atoms with van der Waals surface area (Å²) >= 11 is 6.12. The van der Waals surface area contributed by atoms with E-state index >= 15 is 0 Å². The number of rotatable bonds is 2. The van der Waals surface area contributed by atoms with Crippen LogP contribution in [0.4, 0.5) is 4.39 Å². The predicted molar refractivity (Wildman–Crippen MR) is 93.0 cm³/mol. The Bertz CT molecular complexity index is 917. The van der Waals surface area contributed by atoms with Crippen LogP contribution in [0.25, 0.3) is 10.9 Å². The van der Waals surface area contributed by atoms with E-state index in [9.17, 15) is 9.18 Å². The SMILES string of the molecule is O=C(NC1CCc2[nH]c3ccc(Cl)cc3c2C1)c1ccc(F)cc1. The molecule has 1 heterocycles. The molecule has 0 saturated heterocycles. The van der Waals surface area contributed by atoms with Gasteiger partial charge >= 0.3 is 0 Å². The highest BCUT2D eigenvalue weighted by Gasteiger charge is 2.24. The van der Waals surface area contributed by atoms with Crippen LogP contribution in [0.3, 0.4) is 0 Å². The summed E-state index contributed by atoms with van der Waals surface area (Å²) in [5.74, 6) is -0.508. The van der Waals surface area contributed by atoms with Gasteiger partial charge in [0.15, 0.2) is 0 Å². The third-order valence-electron chi connectivity index (χ3n) is 4.59. The van der Waals surface area contributed by atoms with Gasteiger partial charge in [-0.2, -0.15) is 0 Å². The number of fused-ring (bicyclic) bond motifs is 3. The molecular formula is C19H16ClFN2O. The molecule has 2 aromatic carbocycles. The van der Waals surface area contributed by atoms with Gasteiger partial charge in [0, 0.05) is 33.2 Å². The number of aromatic nitrogens is 1. The van der Waals surface area contributed by atoms with Crippen molar-refractivity contribution in [3.05, 3.63) is 70.1 Å². The van der Waals surface area contributed by atoms with Crippen LogP contribution in [-0.4, -0.2) is 16.9 Å². The van der Waals surface area contributed by atoms with Gasteiger partial charge in [-0.25, -0.2) is 4.39 Å². The Morgan fingerprint density at radius 1 is 1.21 bits per heavy atom. The molecule has 1 atom stereocenters. The monoisotopic (exact) mass is 342 g/mol. The summed E-state index contributed by atoms with van der Waals surface area (Å²) in [5.41, 5.74) is 4.00. The lowest BCUT2D eigenvalue weighted by atomic mass is 9.91. The number of carbonyl (C=O) groups is 1. The van der Waals surface area contributed by atoms with Crippen LogP contribution in [0.2, 0.25) is 5.02 Å². The third-order valence-corrected chi connectivity index (χ3v) is 4.83. The first-order chi connectivity index (χ1) is 11.6. The molecule has 1 aliphatic carbocycles. The van der Waals surface area contributed by atoms with E-state index < -0.39 is 0 Å². The molecule has 4 rings (SSSR count). The molecule has 1 aromatic heterocycles. The Labute approximate surface area is 143 Å². The molecule has 1 unspecified atom stereocenters. The molecule has 24 heavy (non-hydrogen) atoms. The average Bonchev–Trinajstić information content (AvgIpc) is 2.93. The minimum Gasteiger partial charge on any atom is -0.358 e. The van der Waals surface area contributed by atoms with E-state index in [1.165, 1.54) is 35.5 Å². The Morgan fingerprint density at radius 3 is 2.79 bits per heavy atom. The molecule has 3 aromatic rings. The summed E-state index contributed by atoms with van der Waals surface area (Å²) in [6, 6.07) is 11.5. The van der Waals surface area contributed by atoms with E-state index in [-0.39, 0.29) is 17.8 Å². The van der Waals surface area contributed by atoms with Crippen molar-refractivity contribution in [1.82, 2.24) is 10.3 Å². The largest absolute Gasteiger partial charge is 0.358 e. The van der Waals surface area contributed by atoms with Crippen molar-refractivity contribution < 1.29 is 9.18 Å². The number of hydrogen-bond acceptors (Lipinski definition) is 1. The van der Waals surface area contributed by atoms with Crippen LogP contribution >= 0.6 is 11.6 Å². The first-order valence-corrected chi connectivity index (χ1v) is 8.33. The molecule has 0 radical (unpaired) electrons. The van der Waals surface area contributed by atoms with E-state index in [2.05, 4.69) is 10.3 Å². The number of nitrogens with one attached hydrogen (secondary N) is 2. The number of H-pyrrole nitrogens is 1. The van der Waals surface area contributed by atoms with E-state index in [0.717, 1.165) is 30.2 Å². The van der Waals surface area contributed by atoms with Gasteiger partial charge in [0.05, 0.1) is 0 Å². The lowest BCUT2D eigenvalue weighted by Gasteiger charge is -2.23. The van der Waals surface area contributed by atoms with Gasteiger partial charge in [-0.1, -0.05) is 11.6 Å². The number of hydrogen-bond donors (Lipinski definition) is 2. The van der Waals surface area contributed by atoms with Crippen molar-refractivity contribution in [3.63, 3.8) is 0 Å². The van der Waals surface area contributed by atoms with Gasteiger partial charge in [0.2, 0.25) is 0 Å². The molecule has 0 bridgehead atoms. The van der Waals surface area contributed by atoms with Crippen LogP contribution in [-0.2, 0) is 12.8 Å². The highest BCUT2D eigenvalue weighted by atomic mass is 35.5. The highest BCUT2D eigenvalue weighted by Crippen LogP contribution is 2.31. The standard InChI is InChI=1S/C19H16ClFN2O/c20-12-3-7-17-15(9-12)16-10-14(6-8-18(16)23-17)22-19(24)11-1-4-13(21)5-2-11/h1-5,7,9,14,23H,6,8,10H2,(H,22,24). The minimum atomic E-state index is -0.343. The van der Waals surface area contributed by atoms with Crippen LogP contribution in [0.5, 0.6) is 0 Å². The van der Waals surface area contributed by atoms with Gasteiger partial charge in [-0.05, 0) is 67.3 Å². The Kier molecular flexibility index (Phi) is 3.77. The molecule has 0 spiro atoms. The maximum Gasteiger partial charge on any atom is 0.251 e. The molecule has 1 aliphatic rings. The fourth-order valence-electron chi connectivity index (χ4n) is 3.38. The number of aromatic amines is 1. The number of halogens is 2. The second-order valence-corrected chi connectivity index (χ2v) is 6.63. The van der Waals surface area contributed by atoms with Crippen molar-refractivity contribution in [3.8, 4) is 0 Å². The molecule has 0 aliphatic heterocycles. The van der Waals surface area contributed by atoms with Gasteiger partial charge in [0.1, 0.15) is 5.82 Å². The summed E-state index contributed by atoms with van der Waals surface area (Å²) < 4.78 is 13.0. The maximum atomic E-state index is 13.0. The number of benzene rings is 2. The second kappa shape index (κ2) is 5.95. The van der Waals surface area contributed by atoms with Crippen LogP contribution in [0.15, 0.2) is 42.5 Å². The van der Waals surface area contributed by atoms with Gasteiger partial charge in [0.25, 0.3) is 5.91 Å². The zero-order valence-electron chi connectivity index (χ0n) is 12.9. The fourth-order valence-corrected chi connectivity index (χ4v) is 3.55. The molecule has 5 heteroatoms. The Hall–Kier alpha value is -2.33. The number of aryl methyl sites for hydroxylation is 1. The first kappa shape index (κ1) is 15.2. The zero-order chi connectivity index (χ0) is 16.7. The molecular weight excluding hydrogens is 327 g/mol. The lowest BCUT2D eigenvalue weighted by Crippen LogP contribution is -2.38. The topological polar surface area (TPSA) is 44.9 Å². The van der Waals surface area contributed by atoms with E-state index in [4.69, 9.17) is 11.6 Å². The van der Waals surface area contributed by atoms with Crippen LogP contribution in [0.1, 0.15) is 28.0 Å². The maximum absolute atomic E-state index is 13.0. The summed E-state index contributed by atoms with van der Waals surface area (Å²) in [5, 5.41) is 4.89. The van der Waals surface area contributed by atoms with Crippen molar-refractivity contribution in [1.29, 1.82) is 0 Å². The molecule has 1 amide bonds.